The number of ether oxygens (including phenoxy) is 1. The standard InChI is InChI=1S/C18H24N2O4S/c1-24-17(22)9-8-16(21)19-10-3-11-20(13-12-19)18(23)14-4-6-15(25-2)7-5-14/h4-7H,3,8-13H2,1-2H3. The van der Waals surface area contributed by atoms with E-state index in [1.54, 1.807) is 21.6 Å². The van der Waals surface area contributed by atoms with Crippen molar-refractivity contribution in [1.29, 1.82) is 0 Å². The van der Waals surface area contributed by atoms with Gasteiger partial charge in [0, 0.05) is 43.1 Å². The highest BCUT2D eigenvalue weighted by molar-refractivity contribution is 7.98. The molecule has 1 aromatic rings. The summed E-state index contributed by atoms with van der Waals surface area (Å²) >= 11 is 1.64. The molecule has 1 aliphatic rings. The van der Waals surface area contributed by atoms with Crippen LogP contribution in [0.25, 0.3) is 0 Å². The number of amides is 2. The molecule has 0 aliphatic carbocycles. The Bertz CT molecular complexity index is 618. The van der Waals surface area contributed by atoms with E-state index in [0.29, 0.717) is 31.7 Å². The van der Waals surface area contributed by atoms with E-state index in [-0.39, 0.29) is 30.6 Å². The largest absolute Gasteiger partial charge is 0.469 e. The summed E-state index contributed by atoms with van der Waals surface area (Å²) in [5.74, 6) is -0.450. The molecule has 136 valence electrons. The van der Waals surface area contributed by atoms with Crippen LogP contribution < -0.4 is 0 Å². The van der Waals surface area contributed by atoms with E-state index in [1.165, 1.54) is 7.11 Å². The predicted octanol–water partition coefficient (Wildman–Crippen LogP) is 2.04. The molecule has 1 aromatic carbocycles. The van der Waals surface area contributed by atoms with Crippen molar-refractivity contribution in [3.63, 3.8) is 0 Å². The van der Waals surface area contributed by atoms with Crippen LogP contribution in [0.4, 0.5) is 0 Å². The number of hydrogen-bond acceptors (Lipinski definition) is 5. The Labute approximate surface area is 152 Å². The number of nitrogens with zero attached hydrogens (tertiary/aromatic N) is 2. The summed E-state index contributed by atoms with van der Waals surface area (Å²) in [5, 5.41) is 0. The summed E-state index contributed by atoms with van der Waals surface area (Å²) in [6.07, 6.45) is 2.98. The minimum absolute atomic E-state index is 0.00323. The lowest BCUT2D eigenvalue weighted by Crippen LogP contribution is -2.37. The van der Waals surface area contributed by atoms with E-state index in [1.807, 2.05) is 30.5 Å². The zero-order chi connectivity index (χ0) is 18.2. The molecule has 0 radical (unpaired) electrons. The molecule has 0 unspecified atom stereocenters. The van der Waals surface area contributed by atoms with E-state index in [4.69, 9.17) is 0 Å². The second kappa shape index (κ2) is 9.46. The molecule has 0 bridgehead atoms. The summed E-state index contributed by atoms with van der Waals surface area (Å²) in [4.78, 5) is 40.6. The number of carbonyl (C=O) groups excluding carboxylic acids is 3. The Morgan fingerprint density at radius 2 is 1.64 bits per heavy atom. The first-order valence-electron chi connectivity index (χ1n) is 8.33. The number of thioether (sulfide) groups is 1. The van der Waals surface area contributed by atoms with Crippen LogP contribution in [0.2, 0.25) is 0 Å². The molecule has 1 heterocycles. The third-order valence-corrected chi connectivity index (χ3v) is 4.99. The molecule has 2 amide bonds. The van der Waals surface area contributed by atoms with Gasteiger partial charge in [0.2, 0.25) is 5.91 Å². The maximum atomic E-state index is 12.6. The summed E-state index contributed by atoms with van der Waals surface area (Å²) < 4.78 is 4.56. The van der Waals surface area contributed by atoms with Crippen molar-refractivity contribution in [1.82, 2.24) is 9.80 Å². The number of esters is 1. The first kappa shape index (κ1) is 19.3. The minimum atomic E-state index is -0.381. The van der Waals surface area contributed by atoms with E-state index in [9.17, 15) is 14.4 Å². The van der Waals surface area contributed by atoms with Crippen molar-refractivity contribution < 1.29 is 19.1 Å². The Morgan fingerprint density at radius 1 is 1.00 bits per heavy atom. The molecular weight excluding hydrogens is 340 g/mol. The summed E-state index contributed by atoms with van der Waals surface area (Å²) in [7, 11) is 1.31. The maximum Gasteiger partial charge on any atom is 0.306 e. The summed E-state index contributed by atoms with van der Waals surface area (Å²) in [6, 6.07) is 7.58. The normalized spacial score (nSPS) is 14.8. The van der Waals surface area contributed by atoms with Crippen LogP contribution in [0, 0.1) is 0 Å². The van der Waals surface area contributed by atoms with Crippen LogP contribution in [0.3, 0.4) is 0 Å². The van der Waals surface area contributed by atoms with Gasteiger partial charge in [-0.3, -0.25) is 14.4 Å². The van der Waals surface area contributed by atoms with Crippen molar-refractivity contribution in [2.75, 3.05) is 39.5 Å². The lowest BCUT2D eigenvalue weighted by atomic mass is 10.2. The van der Waals surface area contributed by atoms with Gasteiger partial charge < -0.3 is 14.5 Å². The van der Waals surface area contributed by atoms with E-state index in [0.717, 1.165) is 11.3 Å². The molecule has 1 saturated heterocycles. The fourth-order valence-corrected chi connectivity index (χ4v) is 3.16. The molecule has 7 heteroatoms. The van der Waals surface area contributed by atoms with Gasteiger partial charge in [-0.05, 0) is 36.9 Å². The van der Waals surface area contributed by atoms with Crippen molar-refractivity contribution in [3.8, 4) is 0 Å². The Kier molecular flexibility index (Phi) is 7.31. The zero-order valence-electron chi connectivity index (χ0n) is 14.7. The molecule has 25 heavy (non-hydrogen) atoms. The second-order valence-corrected chi connectivity index (χ2v) is 6.71. The van der Waals surface area contributed by atoms with Gasteiger partial charge in [-0.15, -0.1) is 11.8 Å². The van der Waals surface area contributed by atoms with Gasteiger partial charge in [0.1, 0.15) is 0 Å². The van der Waals surface area contributed by atoms with Gasteiger partial charge in [0.15, 0.2) is 0 Å². The van der Waals surface area contributed by atoms with Crippen molar-refractivity contribution in [2.45, 2.75) is 24.2 Å². The average Bonchev–Trinajstić information content (AvgIpc) is 2.91. The second-order valence-electron chi connectivity index (χ2n) is 5.83. The lowest BCUT2D eigenvalue weighted by molar-refractivity contribution is -0.143. The van der Waals surface area contributed by atoms with Crippen LogP contribution in [0.1, 0.15) is 29.6 Å². The Balaban J connectivity index is 1.90. The van der Waals surface area contributed by atoms with Gasteiger partial charge in [-0.2, -0.15) is 0 Å². The molecule has 0 spiro atoms. The van der Waals surface area contributed by atoms with Gasteiger partial charge in [-0.25, -0.2) is 0 Å². The zero-order valence-corrected chi connectivity index (χ0v) is 15.5. The first-order chi connectivity index (χ1) is 12.0. The summed E-state index contributed by atoms with van der Waals surface area (Å²) in [6.45, 7) is 2.24. The first-order valence-corrected chi connectivity index (χ1v) is 9.55. The molecule has 6 nitrogen and oxygen atoms in total. The average molecular weight is 364 g/mol. The van der Waals surface area contributed by atoms with Gasteiger partial charge in [0.05, 0.1) is 13.5 Å². The topological polar surface area (TPSA) is 66.9 Å². The molecule has 0 saturated carbocycles. The molecule has 0 aromatic heterocycles. The molecule has 0 atom stereocenters. The van der Waals surface area contributed by atoms with Crippen LogP contribution in [-0.4, -0.2) is 67.1 Å². The molecule has 0 N–H and O–H groups in total. The fraction of sp³-hybridized carbons (Fsp3) is 0.500. The van der Waals surface area contributed by atoms with Gasteiger partial charge in [-0.1, -0.05) is 0 Å². The van der Waals surface area contributed by atoms with Crippen molar-refractivity contribution >= 4 is 29.5 Å². The van der Waals surface area contributed by atoms with E-state index in [2.05, 4.69) is 4.74 Å². The highest BCUT2D eigenvalue weighted by Crippen LogP contribution is 2.17. The third-order valence-electron chi connectivity index (χ3n) is 4.24. The highest BCUT2D eigenvalue weighted by atomic mass is 32.2. The molecule has 1 aliphatic heterocycles. The van der Waals surface area contributed by atoms with Crippen molar-refractivity contribution in [3.05, 3.63) is 29.8 Å². The third kappa shape index (κ3) is 5.49. The van der Waals surface area contributed by atoms with Crippen LogP contribution in [-0.2, 0) is 14.3 Å². The fourth-order valence-electron chi connectivity index (χ4n) is 2.76. The predicted molar refractivity (Wildman–Crippen MR) is 96.6 cm³/mol. The number of hydrogen-bond donors (Lipinski definition) is 0. The number of methoxy groups -OCH3 is 1. The van der Waals surface area contributed by atoms with Gasteiger partial charge >= 0.3 is 5.97 Å². The summed E-state index contributed by atoms with van der Waals surface area (Å²) in [5.41, 5.74) is 0.670. The van der Waals surface area contributed by atoms with Crippen molar-refractivity contribution in [2.24, 2.45) is 0 Å². The molecule has 2 rings (SSSR count). The highest BCUT2D eigenvalue weighted by Gasteiger charge is 2.23. The lowest BCUT2D eigenvalue weighted by Gasteiger charge is -2.22. The maximum absolute atomic E-state index is 12.6. The van der Waals surface area contributed by atoms with Gasteiger partial charge in [0.25, 0.3) is 5.91 Å². The monoisotopic (exact) mass is 364 g/mol. The number of carbonyl (C=O) groups is 3. The number of rotatable bonds is 5. The van der Waals surface area contributed by atoms with Crippen LogP contribution in [0.5, 0.6) is 0 Å². The Morgan fingerprint density at radius 3 is 2.28 bits per heavy atom. The quantitative estimate of drug-likeness (QED) is 0.591. The van der Waals surface area contributed by atoms with Crippen LogP contribution >= 0.6 is 11.8 Å². The minimum Gasteiger partial charge on any atom is -0.469 e. The SMILES string of the molecule is COC(=O)CCC(=O)N1CCCN(C(=O)c2ccc(SC)cc2)CC1. The number of benzene rings is 1. The van der Waals surface area contributed by atoms with E-state index >= 15 is 0 Å². The Hall–Kier alpha value is -2.02. The van der Waals surface area contributed by atoms with Crippen LogP contribution in [0.15, 0.2) is 29.2 Å². The smallest absolute Gasteiger partial charge is 0.306 e. The molecule has 1 fully saturated rings. The molecular formula is C18H24N2O4S. The van der Waals surface area contributed by atoms with E-state index < -0.39 is 0 Å².